The summed E-state index contributed by atoms with van der Waals surface area (Å²) in [6.07, 6.45) is 2.42. The molecule has 2 aromatic heterocycles. The van der Waals surface area contributed by atoms with Gasteiger partial charge >= 0.3 is 0 Å². The smallest absolute Gasteiger partial charge is 0.254 e. The van der Waals surface area contributed by atoms with Gasteiger partial charge in [0.25, 0.3) is 5.91 Å². The van der Waals surface area contributed by atoms with Crippen molar-refractivity contribution in [3.8, 4) is 11.3 Å². The maximum Gasteiger partial charge on any atom is 0.254 e. The van der Waals surface area contributed by atoms with Gasteiger partial charge in [-0.05, 0) is 38.5 Å². The van der Waals surface area contributed by atoms with Gasteiger partial charge in [0.15, 0.2) is 5.82 Å². The molecule has 5 rings (SSSR count). The summed E-state index contributed by atoms with van der Waals surface area (Å²) in [6.45, 7) is 5.21. The number of amides is 1. The molecule has 4 heterocycles. The fourth-order valence-corrected chi connectivity index (χ4v) is 4.56. The number of rotatable bonds is 3. The van der Waals surface area contributed by atoms with Crippen molar-refractivity contribution in [2.24, 2.45) is 5.92 Å². The summed E-state index contributed by atoms with van der Waals surface area (Å²) in [6, 6.07) is 6.15. The maximum atomic E-state index is 14.6. The second-order valence-electron chi connectivity index (χ2n) is 8.16. The zero-order chi connectivity index (χ0) is 21.7. The minimum absolute atomic E-state index is 0.0200. The third kappa shape index (κ3) is 3.24. The number of anilines is 1. The summed E-state index contributed by atoms with van der Waals surface area (Å²) in [7, 11) is 0. The highest BCUT2D eigenvalue weighted by Crippen LogP contribution is 2.36. The van der Waals surface area contributed by atoms with Crippen molar-refractivity contribution in [2.45, 2.75) is 26.3 Å². The van der Waals surface area contributed by atoms with Gasteiger partial charge in [0.05, 0.1) is 28.7 Å². The van der Waals surface area contributed by atoms with Crippen LogP contribution in [0.3, 0.4) is 0 Å². The highest BCUT2D eigenvalue weighted by Gasteiger charge is 2.46. The van der Waals surface area contributed by atoms with E-state index in [4.69, 9.17) is 0 Å². The van der Waals surface area contributed by atoms with E-state index in [1.165, 1.54) is 12.3 Å². The third-order valence-electron chi connectivity index (χ3n) is 6.28. The van der Waals surface area contributed by atoms with Crippen molar-refractivity contribution >= 4 is 11.9 Å². The lowest BCUT2D eigenvalue weighted by atomic mass is 9.81. The number of carbonyl (C=O) groups excluding carboxylic acids is 1. The molecular weight excluding hydrogens is 402 g/mol. The van der Waals surface area contributed by atoms with Gasteiger partial charge in [0, 0.05) is 37.3 Å². The molecule has 0 radical (unpaired) electrons. The molecule has 0 bridgehead atoms. The SMILES string of the molecule is Cc1nc(N2CCC3CN(C(=O)c4cccc(F)c4-c4ccn[nH]4)C3C2)nc(C)c1F. The number of hydrogen-bond acceptors (Lipinski definition) is 5. The van der Waals surface area contributed by atoms with E-state index in [0.29, 0.717) is 47.6 Å². The molecule has 1 aromatic carbocycles. The summed E-state index contributed by atoms with van der Waals surface area (Å²) in [5, 5.41) is 6.63. The topological polar surface area (TPSA) is 78.0 Å². The van der Waals surface area contributed by atoms with E-state index in [1.807, 2.05) is 4.90 Å². The number of nitrogens with zero attached hydrogens (tertiary/aromatic N) is 5. The maximum absolute atomic E-state index is 14.6. The Morgan fingerprint density at radius 2 is 1.90 bits per heavy atom. The Kier molecular flexibility index (Phi) is 4.68. The summed E-state index contributed by atoms with van der Waals surface area (Å²) >= 11 is 0. The van der Waals surface area contributed by atoms with Crippen LogP contribution in [0.25, 0.3) is 11.3 Å². The molecule has 2 aliphatic rings. The van der Waals surface area contributed by atoms with Crippen molar-refractivity contribution in [3.05, 3.63) is 59.0 Å². The molecule has 1 N–H and O–H groups in total. The van der Waals surface area contributed by atoms with E-state index in [0.717, 1.165) is 13.0 Å². The minimum Gasteiger partial charge on any atom is -0.339 e. The summed E-state index contributed by atoms with van der Waals surface area (Å²) < 4.78 is 28.5. The number of aromatic nitrogens is 4. The van der Waals surface area contributed by atoms with E-state index in [1.54, 1.807) is 36.9 Å². The fraction of sp³-hybridized carbons (Fsp3) is 0.364. The molecule has 160 valence electrons. The Balaban J connectivity index is 1.40. The predicted molar refractivity (Wildman–Crippen MR) is 111 cm³/mol. The molecule has 1 amide bonds. The van der Waals surface area contributed by atoms with E-state index in [2.05, 4.69) is 20.2 Å². The van der Waals surface area contributed by atoms with Crippen molar-refractivity contribution in [1.82, 2.24) is 25.1 Å². The van der Waals surface area contributed by atoms with Crippen LogP contribution in [-0.4, -0.2) is 56.6 Å². The lowest BCUT2D eigenvalue weighted by Gasteiger charge is -2.53. The van der Waals surface area contributed by atoms with Gasteiger partial charge in [0.2, 0.25) is 5.95 Å². The normalized spacial score (nSPS) is 20.4. The number of benzene rings is 1. The van der Waals surface area contributed by atoms with Gasteiger partial charge in [-0.2, -0.15) is 5.10 Å². The van der Waals surface area contributed by atoms with Crippen molar-refractivity contribution in [1.29, 1.82) is 0 Å². The quantitative estimate of drug-likeness (QED) is 0.699. The zero-order valence-electron chi connectivity index (χ0n) is 17.3. The number of carbonyl (C=O) groups is 1. The lowest BCUT2D eigenvalue weighted by molar-refractivity contribution is 0.00771. The highest BCUT2D eigenvalue weighted by atomic mass is 19.1. The largest absolute Gasteiger partial charge is 0.339 e. The Hall–Kier alpha value is -3.36. The second-order valence-corrected chi connectivity index (χ2v) is 8.16. The number of aromatic amines is 1. The summed E-state index contributed by atoms with van der Waals surface area (Å²) in [5.41, 5.74) is 1.64. The van der Waals surface area contributed by atoms with Crippen LogP contribution in [0.15, 0.2) is 30.5 Å². The molecule has 3 aromatic rings. The summed E-state index contributed by atoms with van der Waals surface area (Å²) in [4.78, 5) is 25.8. The van der Waals surface area contributed by atoms with E-state index >= 15 is 0 Å². The Labute approximate surface area is 178 Å². The second kappa shape index (κ2) is 7.40. The van der Waals surface area contributed by atoms with Gasteiger partial charge < -0.3 is 9.80 Å². The number of nitrogens with one attached hydrogen (secondary N) is 1. The molecule has 2 saturated heterocycles. The Bertz CT molecular complexity index is 1130. The first-order valence-electron chi connectivity index (χ1n) is 10.3. The van der Waals surface area contributed by atoms with Gasteiger partial charge in [0.1, 0.15) is 5.82 Å². The van der Waals surface area contributed by atoms with Crippen molar-refractivity contribution in [3.63, 3.8) is 0 Å². The molecule has 31 heavy (non-hydrogen) atoms. The summed E-state index contributed by atoms with van der Waals surface area (Å²) in [5.74, 6) is -0.204. The third-order valence-corrected chi connectivity index (χ3v) is 6.28. The van der Waals surface area contributed by atoms with Gasteiger partial charge in [-0.15, -0.1) is 0 Å². The van der Waals surface area contributed by atoms with Crippen LogP contribution in [0.4, 0.5) is 14.7 Å². The van der Waals surface area contributed by atoms with Crippen LogP contribution >= 0.6 is 0 Å². The average Bonchev–Trinajstić information content (AvgIpc) is 3.26. The first-order valence-corrected chi connectivity index (χ1v) is 10.3. The van der Waals surface area contributed by atoms with Gasteiger partial charge in [-0.25, -0.2) is 18.7 Å². The Morgan fingerprint density at radius 1 is 1.13 bits per heavy atom. The number of fused-ring (bicyclic) bond motifs is 1. The van der Waals surface area contributed by atoms with Crippen LogP contribution in [-0.2, 0) is 0 Å². The first kappa shape index (κ1) is 19.6. The van der Waals surface area contributed by atoms with Crippen LogP contribution in [0.1, 0.15) is 28.2 Å². The van der Waals surface area contributed by atoms with Gasteiger partial charge in [-0.3, -0.25) is 9.89 Å². The molecule has 0 saturated carbocycles. The number of aryl methyl sites for hydroxylation is 2. The molecular formula is C22H22F2N6O. The molecule has 2 aliphatic heterocycles. The molecule has 2 fully saturated rings. The molecule has 0 spiro atoms. The standard InChI is InChI=1S/C22H22F2N6O/c1-12-20(24)13(2)27-22(26-12)29-9-7-14-10-30(18(14)11-29)21(31)15-4-3-5-16(23)19(15)17-6-8-25-28-17/h3-6,8,14,18H,7,9-11H2,1-2H3,(H,25,28). The number of halogens is 2. The number of likely N-dealkylation sites (tertiary alicyclic amines) is 1. The lowest BCUT2D eigenvalue weighted by Crippen LogP contribution is -2.66. The van der Waals surface area contributed by atoms with Crippen LogP contribution in [0.5, 0.6) is 0 Å². The van der Waals surface area contributed by atoms with E-state index < -0.39 is 11.6 Å². The van der Waals surface area contributed by atoms with Crippen molar-refractivity contribution < 1.29 is 13.6 Å². The fourth-order valence-electron chi connectivity index (χ4n) is 4.56. The number of piperidine rings is 1. The first-order chi connectivity index (χ1) is 14.9. The monoisotopic (exact) mass is 424 g/mol. The van der Waals surface area contributed by atoms with Crippen molar-refractivity contribution in [2.75, 3.05) is 24.5 Å². The van der Waals surface area contributed by atoms with Gasteiger partial charge in [-0.1, -0.05) is 6.07 Å². The highest BCUT2D eigenvalue weighted by molar-refractivity contribution is 6.01. The molecule has 2 atom stereocenters. The molecule has 0 aliphatic carbocycles. The van der Waals surface area contributed by atoms with Crippen LogP contribution < -0.4 is 4.90 Å². The van der Waals surface area contributed by atoms with E-state index in [-0.39, 0.29) is 17.5 Å². The van der Waals surface area contributed by atoms with Crippen LogP contribution in [0.2, 0.25) is 0 Å². The molecule has 7 nitrogen and oxygen atoms in total. The molecule has 2 unspecified atom stereocenters. The van der Waals surface area contributed by atoms with Crippen LogP contribution in [0, 0.1) is 31.4 Å². The molecule has 9 heteroatoms. The number of H-pyrrole nitrogens is 1. The van der Waals surface area contributed by atoms with E-state index in [9.17, 15) is 13.6 Å². The Morgan fingerprint density at radius 3 is 2.61 bits per heavy atom. The zero-order valence-corrected chi connectivity index (χ0v) is 17.3. The minimum atomic E-state index is -0.469. The average molecular weight is 424 g/mol. The number of hydrogen-bond donors (Lipinski definition) is 1. The predicted octanol–water partition coefficient (Wildman–Crippen LogP) is 3.11.